The summed E-state index contributed by atoms with van der Waals surface area (Å²) in [5.74, 6) is 1.51. The summed E-state index contributed by atoms with van der Waals surface area (Å²) in [6, 6.07) is 5.98. The molecule has 0 heterocycles. The Labute approximate surface area is 120 Å². The van der Waals surface area contributed by atoms with Gasteiger partial charge in [0.15, 0.2) is 16.6 Å². The molecule has 0 atom stereocenters. The van der Waals surface area contributed by atoms with Crippen molar-refractivity contribution in [3.8, 4) is 11.5 Å². The standard InChI is InChI=1S/C14H22N2O2S/c1-5-15-14(19)16(2)9-8-11-6-7-12(17-3)13(10-11)18-4/h6-7,10H,5,8-9H2,1-4H3,(H,15,19). The van der Waals surface area contributed by atoms with Crippen LogP contribution in [0.2, 0.25) is 0 Å². The summed E-state index contributed by atoms with van der Waals surface area (Å²) < 4.78 is 10.5. The molecule has 0 aliphatic carbocycles. The summed E-state index contributed by atoms with van der Waals surface area (Å²) >= 11 is 5.25. The van der Waals surface area contributed by atoms with E-state index in [-0.39, 0.29) is 0 Å². The Bertz CT molecular complexity index is 424. The third-order valence-corrected chi connectivity index (χ3v) is 3.31. The topological polar surface area (TPSA) is 33.7 Å². The van der Waals surface area contributed by atoms with E-state index in [0.29, 0.717) is 0 Å². The molecule has 0 aromatic heterocycles. The summed E-state index contributed by atoms with van der Waals surface area (Å²) in [5.41, 5.74) is 1.20. The number of thiocarbonyl (C=S) groups is 1. The highest BCUT2D eigenvalue weighted by atomic mass is 32.1. The fourth-order valence-electron chi connectivity index (χ4n) is 1.72. The molecular formula is C14H22N2O2S. The van der Waals surface area contributed by atoms with Gasteiger partial charge in [-0.3, -0.25) is 0 Å². The second kappa shape index (κ2) is 7.84. The number of nitrogens with zero attached hydrogens (tertiary/aromatic N) is 1. The minimum Gasteiger partial charge on any atom is -0.493 e. The lowest BCUT2D eigenvalue weighted by Gasteiger charge is -2.20. The zero-order valence-corrected chi connectivity index (χ0v) is 12.8. The molecule has 1 N–H and O–H groups in total. The average molecular weight is 282 g/mol. The largest absolute Gasteiger partial charge is 0.493 e. The molecule has 1 aromatic carbocycles. The van der Waals surface area contributed by atoms with Gasteiger partial charge in [-0.2, -0.15) is 0 Å². The molecule has 1 aromatic rings. The van der Waals surface area contributed by atoms with Crippen molar-refractivity contribution in [2.75, 3.05) is 34.4 Å². The average Bonchev–Trinajstić information content (AvgIpc) is 2.44. The van der Waals surface area contributed by atoms with E-state index in [2.05, 4.69) is 5.32 Å². The van der Waals surface area contributed by atoms with Crippen molar-refractivity contribution in [1.82, 2.24) is 10.2 Å². The van der Waals surface area contributed by atoms with Crippen LogP contribution in [0.4, 0.5) is 0 Å². The van der Waals surface area contributed by atoms with Crippen LogP contribution in [0.1, 0.15) is 12.5 Å². The van der Waals surface area contributed by atoms with Gasteiger partial charge in [0, 0.05) is 20.1 Å². The van der Waals surface area contributed by atoms with Crippen LogP contribution < -0.4 is 14.8 Å². The minimum absolute atomic E-state index is 0.753. The Hall–Kier alpha value is -1.49. The first-order chi connectivity index (χ1) is 9.12. The van der Waals surface area contributed by atoms with E-state index in [1.165, 1.54) is 5.56 Å². The molecule has 0 radical (unpaired) electrons. The number of hydrogen-bond acceptors (Lipinski definition) is 3. The molecule has 0 spiro atoms. The van der Waals surface area contributed by atoms with Gasteiger partial charge >= 0.3 is 0 Å². The van der Waals surface area contributed by atoms with Gasteiger partial charge < -0.3 is 19.7 Å². The third kappa shape index (κ3) is 4.59. The molecule has 5 heteroatoms. The molecule has 0 saturated carbocycles. The Morgan fingerprint density at radius 1 is 1.26 bits per heavy atom. The second-order valence-corrected chi connectivity index (χ2v) is 4.58. The van der Waals surface area contributed by atoms with Crippen LogP contribution in [-0.2, 0) is 6.42 Å². The van der Waals surface area contributed by atoms with Gasteiger partial charge in [0.25, 0.3) is 0 Å². The molecule has 4 nitrogen and oxygen atoms in total. The van der Waals surface area contributed by atoms with Crippen molar-refractivity contribution >= 4 is 17.3 Å². The third-order valence-electron chi connectivity index (χ3n) is 2.86. The number of ether oxygens (including phenoxy) is 2. The molecule has 0 amide bonds. The van der Waals surface area contributed by atoms with Gasteiger partial charge in [-0.15, -0.1) is 0 Å². The van der Waals surface area contributed by atoms with E-state index in [0.717, 1.165) is 36.1 Å². The van der Waals surface area contributed by atoms with E-state index in [4.69, 9.17) is 21.7 Å². The smallest absolute Gasteiger partial charge is 0.168 e. The van der Waals surface area contributed by atoms with E-state index < -0.39 is 0 Å². The summed E-state index contributed by atoms with van der Waals surface area (Å²) in [5, 5.41) is 3.92. The maximum absolute atomic E-state index is 5.29. The van der Waals surface area contributed by atoms with Crippen LogP contribution in [0.3, 0.4) is 0 Å². The number of likely N-dealkylation sites (N-methyl/N-ethyl adjacent to an activating group) is 1. The highest BCUT2D eigenvalue weighted by Crippen LogP contribution is 2.27. The number of nitrogens with one attached hydrogen (secondary N) is 1. The lowest BCUT2D eigenvalue weighted by atomic mass is 10.1. The molecule has 1 rings (SSSR count). The minimum atomic E-state index is 0.753. The summed E-state index contributed by atoms with van der Waals surface area (Å²) in [7, 11) is 5.28. The zero-order chi connectivity index (χ0) is 14.3. The number of methoxy groups -OCH3 is 2. The summed E-state index contributed by atoms with van der Waals surface area (Å²) in [6.07, 6.45) is 0.905. The molecule has 0 saturated heterocycles. The molecule has 0 fully saturated rings. The molecular weight excluding hydrogens is 260 g/mol. The van der Waals surface area contributed by atoms with Gasteiger partial charge in [0.2, 0.25) is 0 Å². The van der Waals surface area contributed by atoms with Gasteiger partial charge in [-0.1, -0.05) is 6.07 Å². The molecule has 0 aliphatic rings. The fraction of sp³-hybridized carbons (Fsp3) is 0.500. The number of benzene rings is 1. The number of hydrogen-bond donors (Lipinski definition) is 1. The maximum Gasteiger partial charge on any atom is 0.168 e. The van der Waals surface area contributed by atoms with Gasteiger partial charge in [-0.25, -0.2) is 0 Å². The van der Waals surface area contributed by atoms with Crippen LogP contribution in [-0.4, -0.2) is 44.4 Å². The van der Waals surface area contributed by atoms with Crippen molar-refractivity contribution in [3.63, 3.8) is 0 Å². The molecule has 106 valence electrons. The predicted molar refractivity (Wildman–Crippen MR) is 82.2 cm³/mol. The van der Waals surface area contributed by atoms with Crippen molar-refractivity contribution in [1.29, 1.82) is 0 Å². The van der Waals surface area contributed by atoms with Crippen LogP contribution in [0, 0.1) is 0 Å². The van der Waals surface area contributed by atoms with E-state index >= 15 is 0 Å². The molecule has 0 unspecified atom stereocenters. The highest BCUT2D eigenvalue weighted by Gasteiger charge is 2.07. The van der Waals surface area contributed by atoms with E-state index in [1.54, 1.807) is 14.2 Å². The van der Waals surface area contributed by atoms with Crippen molar-refractivity contribution < 1.29 is 9.47 Å². The second-order valence-electron chi connectivity index (χ2n) is 4.20. The predicted octanol–water partition coefficient (Wildman–Crippen LogP) is 2.07. The lowest BCUT2D eigenvalue weighted by Crippen LogP contribution is -2.37. The van der Waals surface area contributed by atoms with Crippen LogP contribution in [0.15, 0.2) is 18.2 Å². The van der Waals surface area contributed by atoms with Crippen LogP contribution in [0.5, 0.6) is 11.5 Å². The maximum atomic E-state index is 5.29. The van der Waals surface area contributed by atoms with Crippen molar-refractivity contribution in [2.24, 2.45) is 0 Å². The van der Waals surface area contributed by atoms with Crippen LogP contribution >= 0.6 is 12.2 Å². The first-order valence-electron chi connectivity index (χ1n) is 6.32. The van der Waals surface area contributed by atoms with Gasteiger partial charge in [0.1, 0.15) is 0 Å². The number of rotatable bonds is 6. The Kier molecular flexibility index (Phi) is 6.42. The Balaban J connectivity index is 2.60. The quantitative estimate of drug-likeness (QED) is 0.808. The van der Waals surface area contributed by atoms with Crippen LogP contribution in [0.25, 0.3) is 0 Å². The summed E-state index contributed by atoms with van der Waals surface area (Å²) in [6.45, 7) is 3.75. The van der Waals surface area contributed by atoms with Crippen molar-refractivity contribution in [3.05, 3.63) is 23.8 Å². The first kappa shape index (κ1) is 15.6. The first-order valence-corrected chi connectivity index (χ1v) is 6.73. The molecule has 0 bridgehead atoms. The van der Waals surface area contributed by atoms with E-state index in [1.807, 2.05) is 37.1 Å². The highest BCUT2D eigenvalue weighted by molar-refractivity contribution is 7.80. The van der Waals surface area contributed by atoms with E-state index in [9.17, 15) is 0 Å². The van der Waals surface area contributed by atoms with Gasteiger partial charge in [0.05, 0.1) is 14.2 Å². The molecule has 19 heavy (non-hydrogen) atoms. The van der Waals surface area contributed by atoms with Gasteiger partial charge in [-0.05, 0) is 43.3 Å². The Morgan fingerprint density at radius 3 is 2.53 bits per heavy atom. The fourth-order valence-corrected chi connectivity index (χ4v) is 1.96. The monoisotopic (exact) mass is 282 g/mol. The SMILES string of the molecule is CCNC(=S)N(C)CCc1ccc(OC)c(OC)c1. The molecule has 0 aliphatic heterocycles. The normalized spacial score (nSPS) is 9.89. The zero-order valence-electron chi connectivity index (χ0n) is 12.0. The summed E-state index contributed by atoms with van der Waals surface area (Å²) in [4.78, 5) is 2.04. The Morgan fingerprint density at radius 2 is 1.95 bits per heavy atom. The lowest BCUT2D eigenvalue weighted by molar-refractivity contribution is 0.354. The van der Waals surface area contributed by atoms with Crippen molar-refractivity contribution in [2.45, 2.75) is 13.3 Å².